The quantitative estimate of drug-likeness (QED) is 0.451. The Morgan fingerprint density at radius 3 is 2.33 bits per heavy atom. The van der Waals surface area contributed by atoms with E-state index in [9.17, 15) is 19.5 Å². The van der Waals surface area contributed by atoms with Crippen LogP contribution in [-0.2, 0) is 28.6 Å². The van der Waals surface area contributed by atoms with Gasteiger partial charge in [-0.05, 0) is 39.0 Å². The molecule has 2 rings (SSSR count). The van der Waals surface area contributed by atoms with Crippen LogP contribution in [0.4, 0.5) is 0 Å². The molecule has 1 heterocycles. The molecule has 1 aliphatic heterocycles. The lowest BCUT2D eigenvalue weighted by Crippen LogP contribution is -2.35. The van der Waals surface area contributed by atoms with E-state index >= 15 is 0 Å². The molecule has 1 amide bonds. The number of amides is 1. The number of Topliss-reactive ketones (excluding diaryl/α,β-unsaturated/α-hetero) is 1. The zero-order valence-electron chi connectivity index (χ0n) is 22.3. The van der Waals surface area contributed by atoms with Crippen LogP contribution < -0.4 is 5.32 Å². The molecule has 0 aromatic carbocycles. The van der Waals surface area contributed by atoms with Crippen LogP contribution >= 0.6 is 0 Å². The van der Waals surface area contributed by atoms with Crippen molar-refractivity contribution in [3.8, 4) is 0 Å². The van der Waals surface area contributed by atoms with Crippen molar-refractivity contribution in [2.24, 2.45) is 11.8 Å². The number of carbonyl (C=O) groups excluding carboxylic acids is 3. The third kappa shape index (κ3) is 7.59. The van der Waals surface area contributed by atoms with E-state index in [4.69, 9.17) is 14.2 Å². The fourth-order valence-corrected chi connectivity index (χ4v) is 4.50. The number of hydrogen-bond acceptors (Lipinski definition) is 7. The van der Waals surface area contributed by atoms with Gasteiger partial charge in [0.15, 0.2) is 5.76 Å². The Labute approximate surface area is 213 Å². The van der Waals surface area contributed by atoms with E-state index in [-0.39, 0.29) is 41.4 Å². The summed E-state index contributed by atoms with van der Waals surface area (Å²) in [5.74, 6) is -1.77. The van der Waals surface area contributed by atoms with Crippen LogP contribution in [0.3, 0.4) is 0 Å². The summed E-state index contributed by atoms with van der Waals surface area (Å²) in [6, 6.07) is 0. The maximum absolute atomic E-state index is 13.3. The van der Waals surface area contributed by atoms with Gasteiger partial charge >= 0.3 is 0 Å². The lowest BCUT2D eigenvalue weighted by molar-refractivity contribution is -0.120. The first-order valence-corrected chi connectivity index (χ1v) is 12.2. The Bertz CT molecular complexity index is 1000. The molecule has 0 radical (unpaired) electrons. The molecule has 0 fully saturated rings. The van der Waals surface area contributed by atoms with Crippen LogP contribution in [0, 0.1) is 11.8 Å². The van der Waals surface area contributed by atoms with Gasteiger partial charge in [-0.2, -0.15) is 0 Å². The van der Waals surface area contributed by atoms with Crippen LogP contribution in [0.5, 0.6) is 0 Å². The fourth-order valence-electron chi connectivity index (χ4n) is 4.50. The summed E-state index contributed by atoms with van der Waals surface area (Å²) in [7, 11) is 4.50. The predicted molar refractivity (Wildman–Crippen MR) is 137 cm³/mol. The first kappa shape index (κ1) is 29.4. The summed E-state index contributed by atoms with van der Waals surface area (Å²) >= 11 is 0. The number of hydrogen-bond donors (Lipinski definition) is 2. The molecule has 8 heteroatoms. The zero-order valence-corrected chi connectivity index (χ0v) is 22.3. The minimum atomic E-state index is -0.772. The molecular formula is C28H39NO7. The highest BCUT2D eigenvalue weighted by atomic mass is 16.5. The highest BCUT2D eigenvalue weighted by Crippen LogP contribution is 2.29. The lowest BCUT2D eigenvalue weighted by atomic mass is 9.85. The molecule has 36 heavy (non-hydrogen) atoms. The Hall–Kier alpha value is -2.81. The summed E-state index contributed by atoms with van der Waals surface area (Å²) < 4.78 is 16.4. The van der Waals surface area contributed by atoms with Crippen molar-refractivity contribution in [3.63, 3.8) is 0 Å². The number of rotatable bonds is 3. The van der Waals surface area contributed by atoms with E-state index in [0.29, 0.717) is 18.4 Å². The van der Waals surface area contributed by atoms with Gasteiger partial charge in [0.05, 0.1) is 31.1 Å². The predicted octanol–water partition coefficient (Wildman–Crippen LogP) is 3.33. The molecular weight excluding hydrogens is 462 g/mol. The van der Waals surface area contributed by atoms with Crippen molar-refractivity contribution in [1.82, 2.24) is 5.32 Å². The van der Waals surface area contributed by atoms with Crippen molar-refractivity contribution in [3.05, 3.63) is 58.6 Å². The first-order chi connectivity index (χ1) is 17.0. The average molecular weight is 502 g/mol. The normalized spacial score (nSPS) is 33.2. The molecule has 1 unspecified atom stereocenters. The van der Waals surface area contributed by atoms with Crippen LogP contribution in [-0.4, -0.2) is 62.2 Å². The lowest BCUT2D eigenvalue weighted by Gasteiger charge is -2.29. The monoisotopic (exact) mass is 501 g/mol. The van der Waals surface area contributed by atoms with Crippen molar-refractivity contribution < 1.29 is 33.7 Å². The smallest absolute Gasteiger partial charge is 0.251 e. The molecule has 2 bridgehead atoms. The van der Waals surface area contributed by atoms with Gasteiger partial charge in [-0.25, -0.2) is 0 Å². The molecule has 198 valence electrons. The van der Waals surface area contributed by atoms with E-state index in [1.807, 2.05) is 32.9 Å². The molecule has 0 saturated heterocycles. The summed E-state index contributed by atoms with van der Waals surface area (Å²) in [4.78, 5) is 38.7. The van der Waals surface area contributed by atoms with Crippen LogP contribution in [0.15, 0.2) is 58.6 Å². The molecule has 1 aliphatic carbocycles. The summed E-state index contributed by atoms with van der Waals surface area (Å²) in [5.41, 5.74) is 1.53. The highest BCUT2D eigenvalue weighted by molar-refractivity contribution is 6.23. The second kappa shape index (κ2) is 13.5. The first-order valence-electron chi connectivity index (χ1n) is 12.2. The summed E-state index contributed by atoms with van der Waals surface area (Å²) in [6.07, 6.45) is 8.11. The van der Waals surface area contributed by atoms with Gasteiger partial charge in [0.25, 0.3) is 5.91 Å². The molecule has 0 aromatic heterocycles. The maximum Gasteiger partial charge on any atom is 0.251 e. The van der Waals surface area contributed by atoms with E-state index in [0.717, 1.165) is 11.6 Å². The number of allylic oxidation sites excluding steroid dienone is 4. The number of aliphatic hydroxyl groups is 1. The standard InChI is InChI=1S/C28H39NO7/c1-16-11-19(4)25(31)24(35-6)14-17(2)13-21-26(32)22(15-23(30)27(21)36-7)29-28(33)18(3)9-8-10-20(12-16)34-5/h8-11,15,17,19-20,24-25,31H,12-14H2,1-7H3,(H,29,33)/b10-8-,16-11+,18-9+/t17?,19-,20-,24-,25+/m0/s1. The largest absolute Gasteiger partial charge is 0.492 e. The van der Waals surface area contributed by atoms with Crippen LogP contribution in [0.2, 0.25) is 0 Å². The summed E-state index contributed by atoms with van der Waals surface area (Å²) in [6.45, 7) is 7.46. The van der Waals surface area contributed by atoms with Crippen LogP contribution in [0.1, 0.15) is 47.0 Å². The Balaban J connectivity index is 2.49. The molecule has 0 aromatic rings. The van der Waals surface area contributed by atoms with E-state index in [1.165, 1.54) is 7.11 Å². The third-order valence-corrected chi connectivity index (χ3v) is 6.56. The minimum Gasteiger partial charge on any atom is -0.492 e. The molecule has 8 nitrogen and oxygen atoms in total. The Morgan fingerprint density at radius 1 is 1.03 bits per heavy atom. The fraction of sp³-hybridized carbons (Fsp3) is 0.536. The number of nitrogens with one attached hydrogen (secondary N) is 1. The second-order valence-electron chi connectivity index (χ2n) is 9.61. The van der Waals surface area contributed by atoms with Gasteiger partial charge in [-0.1, -0.05) is 43.7 Å². The van der Waals surface area contributed by atoms with Gasteiger partial charge in [0, 0.05) is 37.4 Å². The van der Waals surface area contributed by atoms with Gasteiger partial charge in [-0.15, -0.1) is 0 Å². The van der Waals surface area contributed by atoms with E-state index in [1.54, 1.807) is 33.3 Å². The van der Waals surface area contributed by atoms with E-state index < -0.39 is 29.7 Å². The molecule has 2 aliphatic rings. The number of aliphatic hydroxyl groups excluding tert-OH is 1. The zero-order chi connectivity index (χ0) is 27.0. The van der Waals surface area contributed by atoms with Crippen LogP contribution in [0.25, 0.3) is 0 Å². The van der Waals surface area contributed by atoms with Crippen molar-refractivity contribution in [1.29, 1.82) is 0 Å². The minimum absolute atomic E-state index is 0.0296. The number of carbonyl (C=O) groups is 3. The van der Waals surface area contributed by atoms with Crippen molar-refractivity contribution in [2.45, 2.75) is 65.3 Å². The SMILES string of the molecule is COC1=C2CC(C)C[C@H](OC)[C@H](O)[C@@H](C)/C=C(\C)C[C@@H](OC)/C=C\C=C(/C)C(=O)NC(=CC1=O)C2=O. The number of ketones is 2. The van der Waals surface area contributed by atoms with Gasteiger partial charge in [-0.3, -0.25) is 14.4 Å². The number of ether oxygens (including phenoxy) is 3. The third-order valence-electron chi connectivity index (χ3n) is 6.56. The van der Waals surface area contributed by atoms with Crippen molar-refractivity contribution >= 4 is 17.5 Å². The molecule has 0 saturated carbocycles. The second-order valence-corrected chi connectivity index (χ2v) is 9.61. The average Bonchev–Trinajstić information content (AvgIpc) is 2.83. The highest BCUT2D eigenvalue weighted by Gasteiger charge is 2.33. The van der Waals surface area contributed by atoms with Crippen molar-refractivity contribution in [2.75, 3.05) is 21.3 Å². The van der Waals surface area contributed by atoms with Gasteiger partial charge in [0.1, 0.15) is 0 Å². The maximum atomic E-state index is 13.3. The Morgan fingerprint density at radius 2 is 1.72 bits per heavy atom. The number of methoxy groups -OCH3 is 3. The molecule has 0 spiro atoms. The Kier molecular flexibility index (Phi) is 11.0. The summed E-state index contributed by atoms with van der Waals surface area (Å²) in [5, 5.41) is 13.6. The van der Waals surface area contributed by atoms with Gasteiger partial charge in [0.2, 0.25) is 11.6 Å². The topological polar surface area (TPSA) is 111 Å². The number of fused-ring (bicyclic) bond motifs is 2. The van der Waals surface area contributed by atoms with Gasteiger partial charge < -0.3 is 24.6 Å². The molecule has 2 N–H and O–H groups in total. The molecule has 5 atom stereocenters. The van der Waals surface area contributed by atoms with E-state index in [2.05, 4.69) is 5.32 Å².